The average Bonchev–Trinajstić information content (AvgIpc) is 2.68. The Hall–Kier alpha value is -1.67. The van der Waals surface area contributed by atoms with Crippen LogP contribution in [0.2, 0.25) is 0 Å². The zero-order valence-electron chi connectivity index (χ0n) is 13.1. The van der Waals surface area contributed by atoms with Gasteiger partial charge in [0.15, 0.2) is 0 Å². The van der Waals surface area contributed by atoms with Crippen molar-refractivity contribution < 1.29 is 18.1 Å². The lowest BCUT2D eigenvalue weighted by Gasteiger charge is -2.35. The van der Waals surface area contributed by atoms with Gasteiger partial charge in [0.1, 0.15) is 0 Å². The quantitative estimate of drug-likeness (QED) is 0.650. The lowest BCUT2D eigenvalue weighted by Crippen LogP contribution is -2.57. The Morgan fingerprint density at radius 1 is 1.25 bits per heavy atom. The molecule has 0 aromatic heterocycles. The first-order valence-electron chi connectivity index (χ1n) is 8.01. The van der Waals surface area contributed by atoms with Crippen LogP contribution in [0.5, 0.6) is 0 Å². The van der Waals surface area contributed by atoms with Gasteiger partial charge in [0, 0.05) is 24.2 Å². The summed E-state index contributed by atoms with van der Waals surface area (Å²) in [5.41, 5.74) is 7.82. The van der Waals surface area contributed by atoms with Crippen LogP contribution in [0.3, 0.4) is 0 Å². The molecule has 3 N–H and O–H groups in total. The van der Waals surface area contributed by atoms with Crippen LogP contribution < -0.4 is 11.1 Å². The lowest BCUT2D eigenvalue weighted by molar-refractivity contribution is -0.384. The van der Waals surface area contributed by atoms with Gasteiger partial charge >= 0.3 is 6.18 Å². The molecule has 0 aliphatic heterocycles. The number of nitro groups is 1. The van der Waals surface area contributed by atoms with Gasteiger partial charge in [0.25, 0.3) is 5.69 Å². The molecule has 1 fully saturated rings. The number of hydrogen-bond acceptors (Lipinski definition) is 4. The van der Waals surface area contributed by atoms with E-state index in [1.807, 2.05) is 0 Å². The monoisotopic (exact) mass is 343 g/mol. The average molecular weight is 343 g/mol. The van der Waals surface area contributed by atoms with Crippen molar-refractivity contribution in [3.63, 3.8) is 0 Å². The maximum Gasteiger partial charge on any atom is 0.401 e. The van der Waals surface area contributed by atoms with Gasteiger partial charge in [-0.3, -0.25) is 10.1 Å². The van der Waals surface area contributed by atoms with Crippen LogP contribution in [0.15, 0.2) is 18.2 Å². The van der Waals surface area contributed by atoms with E-state index in [1.165, 1.54) is 6.07 Å². The Labute approximate surface area is 137 Å². The maximum absolute atomic E-state index is 12.4. The van der Waals surface area contributed by atoms with E-state index in [0.29, 0.717) is 12.8 Å². The number of nitrogens with one attached hydrogen (secondary N) is 1. The molecule has 1 aromatic rings. The third-order valence-electron chi connectivity index (χ3n) is 5.47. The highest BCUT2D eigenvalue weighted by Gasteiger charge is 2.49. The van der Waals surface area contributed by atoms with Crippen LogP contribution >= 0.6 is 0 Å². The predicted octanol–water partition coefficient (Wildman–Crippen LogP) is 2.57. The van der Waals surface area contributed by atoms with Gasteiger partial charge in [-0.25, -0.2) is 0 Å². The second-order valence-corrected chi connectivity index (χ2v) is 6.92. The zero-order chi connectivity index (χ0) is 17.5. The second-order valence-electron chi connectivity index (χ2n) is 6.92. The Morgan fingerprint density at radius 2 is 1.88 bits per heavy atom. The lowest BCUT2D eigenvalue weighted by atomic mass is 9.79. The number of halogens is 3. The molecule has 24 heavy (non-hydrogen) atoms. The summed E-state index contributed by atoms with van der Waals surface area (Å²) < 4.78 is 37.2. The van der Waals surface area contributed by atoms with Crippen molar-refractivity contribution >= 4 is 5.69 Å². The number of nitrogens with two attached hydrogens (primary N) is 1. The van der Waals surface area contributed by atoms with E-state index >= 15 is 0 Å². The summed E-state index contributed by atoms with van der Waals surface area (Å²) in [6.07, 6.45) is -1.29. The van der Waals surface area contributed by atoms with Gasteiger partial charge in [-0.15, -0.1) is 0 Å². The van der Waals surface area contributed by atoms with Gasteiger partial charge in [0.05, 0.1) is 11.5 Å². The smallest absolute Gasteiger partial charge is 0.324 e. The Morgan fingerprint density at radius 3 is 2.46 bits per heavy atom. The summed E-state index contributed by atoms with van der Waals surface area (Å²) in [6.45, 7) is -0.943. The summed E-state index contributed by atoms with van der Waals surface area (Å²) in [5, 5.41) is 13.4. The molecule has 132 valence electrons. The van der Waals surface area contributed by atoms with Crippen molar-refractivity contribution in [3.05, 3.63) is 39.4 Å². The minimum Gasteiger partial charge on any atom is -0.324 e. The Bertz CT molecular complexity index is 650. The van der Waals surface area contributed by atoms with Crippen molar-refractivity contribution in [2.24, 2.45) is 17.6 Å². The summed E-state index contributed by atoms with van der Waals surface area (Å²) in [4.78, 5) is 10.5. The second kappa shape index (κ2) is 6.00. The standard InChI is InChI=1S/C16H20F3N3O2/c17-16(18,19)9-21-8-15(20)12-2-3-13(15)6-11-7-14(22(23)24)4-1-10(11)5-12/h1,4,7,12-13,21H,2-3,5-6,8-9,20H2/t12-,13+,15+/m0/s1. The summed E-state index contributed by atoms with van der Waals surface area (Å²) in [7, 11) is 0. The van der Waals surface area contributed by atoms with Crippen LogP contribution in [0.1, 0.15) is 24.0 Å². The first kappa shape index (κ1) is 17.2. The molecule has 8 heteroatoms. The number of non-ortho nitro benzene ring substituents is 1. The van der Waals surface area contributed by atoms with Crippen molar-refractivity contribution in [2.45, 2.75) is 37.4 Å². The van der Waals surface area contributed by atoms with E-state index in [-0.39, 0.29) is 24.1 Å². The molecule has 2 aliphatic carbocycles. The molecule has 2 bridgehead atoms. The Balaban J connectivity index is 1.80. The number of alkyl halides is 3. The molecule has 0 heterocycles. The molecular weight excluding hydrogens is 323 g/mol. The predicted molar refractivity (Wildman–Crippen MR) is 82.6 cm³/mol. The summed E-state index contributed by atoms with van der Waals surface area (Å²) in [5.74, 6) is 0.123. The molecule has 0 spiro atoms. The molecule has 0 amide bonds. The van der Waals surface area contributed by atoms with E-state index in [9.17, 15) is 23.3 Å². The largest absolute Gasteiger partial charge is 0.401 e. The third-order valence-corrected chi connectivity index (χ3v) is 5.47. The number of rotatable bonds is 4. The molecule has 1 saturated carbocycles. The summed E-state index contributed by atoms with van der Waals surface area (Å²) in [6, 6.07) is 4.83. The first-order chi connectivity index (χ1) is 11.2. The van der Waals surface area contributed by atoms with Gasteiger partial charge in [-0.2, -0.15) is 13.2 Å². The fourth-order valence-corrected chi connectivity index (χ4v) is 4.21. The van der Waals surface area contributed by atoms with E-state index in [1.54, 1.807) is 12.1 Å². The van der Waals surface area contributed by atoms with Crippen LogP contribution in [0, 0.1) is 22.0 Å². The maximum atomic E-state index is 12.4. The molecule has 2 aliphatic rings. The Kier molecular flexibility index (Phi) is 4.29. The van der Waals surface area contributed by atoms with Gasteiger partial charge < -0.3 is 11.1 Å². The topological polar surface area (TPSA) is 81.2 Å². The molecule has 0 radical (unpaired) electrons. The zero-order valence-corrected chi connectivity index (χ0v) is 13.1. The van der Waals surface area contributed by atoms with Crippen LogP contribution in [-0.2, 0) is 12.8 Å². The SMILES string of the molecule is N[C@@]1(CNCC(F)(F)F)[C@@H]2CC[C@H]1Cc1ccc([N+](=O)[O-])cc1C2. The number of hydrogen-bond donors (Lipinski definition) is 2. The van der Waals surface area contributed by atoms with E-state index in [2.05, 4.69) is 5.32 Å². The third kappa shape index (κ3) is 3.25. The fraction of sp³-hybridized carbons (Fsp3) is 0.625. The molecule has 0 saturated heterocycles. The van der Waals surface area contributed by atoms with E-state index in [0.717, 1.165) is 24.0 Å². The minimum absolute atomic E-state index is 0.0338. The molecule has 1 aromatic carbocycles. The molecule has 0 unspecified atom stereocenters. The van der Waals surface area contributed by atoms with E-state index in [4.69, 9.17) is 5.73 Å². The molecule has 3 rings (SSSR count). The molecule has 5 nitrogen and oxygen atoms in total. The summed E-state index contributed by atoms with van der Waals surface area (Å²) >= 11 is 0. The minimum atomic E-state index is -4.26. The van der Waals surface area contributed by atoms with Crippen molar-refractivity contribution in [3.8, 4) is 0 Å². The highest BCUT2D eigenvalue weighted by atomic mass is 19.4. The molecule has 3 atom stereocenters. The van der Waals surface area contributed by atoms with Crippen LogP contribution in [-0.4, -0.2) is 29.7 Å². The van der Waals surface area contributed by atoms with Crippen LogP contribution in [0.4, 0.5) is 18.9 Å². The van der Waals surface area contributed by atoms with Gasteiger partial charge in [-0.1, -0.05) is 6.07 Å². The fourth-order valence-electron chi connectivity index (χ4n) is 4.21. The number of nitro benzene ring substituents is 1. The number of benzene rings is 1. The highest BCUT2D eigenvalue weighted by molar-refractivity contribution is 5.42. The first-order valence-corrected chi connectivity index (χ1v) is 8.01. The van der Waals surface area contributed by atoms with Crippen molar-refractivity contribution in [2.75, 3.05) is 13.1 Å². The van der Waals surface area contributed by atoms with Gasteiger partial charge in [-0.05, 0) is 48.6 Å². The number of fused-ring (bicyclic) bond motifs is 3. The normalized spacial score (nSPS) is 29.2. The van der Waals surface area contributed by atoms with Crippen molar-refractivity contribution in [1.82, 2.24) is 5.32 Å². The molecular formula is C16H20F3N3O2. The van der Waals surface area contributed by atoms with Crippen molar-refractivity contribution in [1.29, 1.82) is 0 Å². The highest BCUT2D eigenvalue weighted by Crippen LogP contribution is 2.46. The van der Waals surface area contributed by atoms with Crippen LogP contribution in [0.25, 0.3) is 0 Å². The van der Waals surface area contributed by atoms with Gasteiger partial charge in [0.2, 0.25) is 0 Å². The van der Waals surface area contributed by atoms with E-state index < -0.39 is 23.2 Å². The number of nitrogens with zero attached hydrogens (tertiary/aromatic N) is 1.